The minimum Gasteiger partial charge on any atom is -0.355 e. The third-order valence-corrected chi connectivity index (χ3v) is 3.85. The van der Waals surface area contributed by atoms with Crippen LogP contribution in [0.5, 0.6) is 0 Å². The average Bonchev–Trinajstić information content (AvgIpc) is 2.50. The predicted molar refractivity (Wildman–Crippen MR) is 91.0 cm³/mol. The van der Waals surface area contributed by atoms with E-state index in [1.807, 2.05) is 25.1 Å². The van der Waals surface area contributed by atoms with Gasteiger partial charge in [-0.1, -0.05) is 25.1 Å². The number of nitrogens with one attached hydrogen (secondary N) is 2. The summed E-state index contributed by atoms with van der Waals surface area (Å²) in [5, 5.41) is 5.66. The van der Waals surface area contributed by atoms with Gasteiger partial charge in [0.1, 0.15) is 0 Å². The number of hydrogen-bond donors (Lipinski definition) is 2. The molecule has 0 unspecified atom stereocenters. The van der Waals surface area contributed by atoms with Crippen molar-refractivity contribution in [1.82, 2.24) is 15.5 Å². The van der Waals surface area contributed by atoms with Crippen molar-refractivity contribution < 1.29 is 9.59 Å². The number of nitrogens with zero attached hydrogens (tertiary/aromatic N) is 1. The Kier molecular flexibility index (Phi) is 9.34. The van der Waals surface area contributed by atoms with Crippen molar-refractivity contribution in [1.29, 1.82) is 0 Å². The molecule has 0 bridgehead atoms. The molecule has 6 heteroatoms. The number of rotatable bonds is 10. The second kappa shape index (κ2) is 11.1. The quantitative estimate of drug-likeness (QED) is 0.504. The number of likely N-dealkylation sites (N-methyl/N-ethyl adjacent to an activating group) is 1. The zero-order valence-corrected chi connectivity index (χ0v) is 14.1. The van der Waals surface area contributed by atoms with Gasteiger partial charge in [-0.3, -0.25) is 14.5 Å². The van der Waals surface area contributed by atoms with E-state index in [2.05, 4.69) is 22.8 Å². The summed E-state index contributed by atoms with van der Waals surface area (Å²) in [7, 11) is 1.77. The molecule has 0 heterocycles. The fourth-order valence-electron chi connectivity index (χ4n) is 1.80. The summed E-state index contributed by atoms with van der Waals surface area (Å²) in [5.41, 5.74) is 0. The van der Waals surface area contributed by atoms with Crippen LogP contribution in [0.1, 0.15) is 13.3 Å². The zero-order valence-electron chi connectivity index (χ0n) is 13.3. The molecule has 22 heavy (non-hydrogen) atoms. The number of carbonyl (C=O) groups excluding carboxylic acids is 2. The highest BCUT2D eigenvalue weighted by Crippen LogP contribution is 2.15. The number of carbonyl (C=O) groups is 2. The monoisotopic (exact) mass is 323 g/mol. The molecule has 1 aromatic carbocycles. The minimum absolute atomic E-state index is 0.0446. The van der Waals surface area contributed by atoms with Crippen LogP contribution in [0.25, 0.3) is 0 Å². The van der Waals surface area contributed by atoms with Crippen molar-refractivity contribution in [2.45, 2.75) is 18.2 Å². The Bertz CT molecular complexity index is 454. The minimum atomic E-state index is -0.0561. The van der Waals surface area contributed by atoms with Gasteiger partial charge in [-0.15, -0.1) is 11.8 Å². The molecule has 0 spiro atoms. The maximum atomic E-state index is 11.8. The summed E-state index contributed by atoms with van der Waals surface area (Å²) < 4.78 is 0. The number of benzene rings is 1. The van der Waals surface area contributed by atoms with E-state index in [1.165, 1.54) is 4.90 Å². The van der Waals surface area contributed by atoms with Gasteiger partial charge in [-0.2, -0.15) is 0 Å². The molecule has 0 fully saturated rings. The maximum absolute atomic E-state index is 11.8. The summed E-state index contributed by atoms with van der Waals surface area (Å²) in [6, 6.07) is 10.1. The molecule has 0 atom stereocenters. The van der Waals surface area contributed by atoms with E-state index < -0.39 is 0 Å². The molecule has 0 aromatic heterocycles. The van der Waals surface area contributed by atoms with Crippen LogP contribution < -0.4 is 10.6 Å². The van der Waals surface area contributed by atoms with Crippen molar-refractivity contribution in [3.8, 4) is 0 Å². The van der Waals surface area contributed by atoms with E-state index >= 15 is 0 Å². The van der Waals surface area contributed by atoms with Gasteiger partial charge < -0.3 is 10.6 Å². The smallest absolute Gasteiger partial charge is 0.234 e. The van der Waals surface area contributed by atoms with Crippen LogP contribution in [0.3, 0.4) is 0 Å². The highest BCUT2D eigenvalue weighted by atomic mass is 32.2. The lowest BCUT2D eigenvalue weighted by Gasteiger charge is -2.15. The maximum Gasteiger partial charge on any atom is 0.234 e. The first-order chi connectivity index (χ1) is 10.6. The number of thioether (sulfide) groups is 1. The zero-order chi connectivity index (χ0) is 16.2. The first kappa shape index (κ1) is 18.5. The van der Waals surface area contributed by atoms with Crippen LogP contribution in [0, 0.1) is 0 Å². The Labute approximate surface area is 136 Å². The van der Waals surface area contributed by atoms with Gasteiger partial charge in [-0.25, -0.2) is 0 Å². The second-order valence-electron chi connectivity index (χ2n) is 5.03. The van der Waals surface area contributed by atoms with Gasteiger partial charge in [0.05, 0.1) is 13.1 Å². The molecule has 2 amide bonds. The van der Waals surface area contributed by atoms with E-state index in [0.717, 1.165) is 12.2 Å². The van der Waals surface area contributed by atoms with E-state index in [4.69, 9.17) is 0 Å². The van der Waals surface area contributed by atoms with Gasteiger partial charge >= 0.3 is 0 Å². The standard InChI is InChI=1S/C16H25N3O2S/c1-3-9-17-15(20)12-19(2)13-16(21)18-10-11-22-14-7-5-4-6-8-14/h4-8H,3,9-13H2,1-2H3,(H,17,20)(H,18,21). The molecule has 1 rings (SSSR count). The van der Waals surface area contributed by atoms with E-state index in [-0.39, 0.29) is 24.9 Å². The van der Waals surface area contributed by atoms with E-state index in [9.17, 15) is 9.59 Å². The molecule has 0 radical (unpaired) electrons. The molecule has 5 nitrogen and oxygen atoms in total. The molecule has 0 aliphatic heterocycles. The molecule has 2 N–H and O–H groups in total. The Morgan fingerprint density at radius 2 is 1.64 bits per heavy atom. The normalized spacial score (nSPS) is 10.5. The second-order valence-corrected chi connectivity index (χ2v) is 6.20. The summed E-state index contributed by atoms with van der Waals surface area (Å²) in [5.74, 6) is 0.729. The lowest BCUT2D eigenvalue weighted by molar-refractivity contribution is -0.124. The first-order valence-corrected chi connectivity index (χ1v) is 8.50. The highest BCUT2D eigenvalue weighted by molar-refractivity contribution is 7.99. The number of hydrogen-bond acceptors (Lipinski definition) is 4. The van der Waals surface area contributed by atoms with Gasteiger partial charge in [0, 0.05) is 23.7 Å². The molecular formula is C16H25N3O2S. The van der Waals surface area contributed by atoms with Crippen LogP contribution in [0.2, 0.25) is 0 Å². The van der Waals surface area contributed by atoms with Gasteiger partial charge in [0.2, 0.25) is 11.8 Å². The Morgan fingerprint density at radius 3 is 2.23 bits per heavy atom. The summed E-state index contributed by atoms with van der Waals surface area (Å²) >= 11 is 1.71. The molecule has 122 valence electrons. The van der Waals surface area contributed by atoms with E-state index in [1.54, 1.807) is 23.7 Å². The van der Waals surface area contributed by atoms with Gasteiger partial charge in [-0.05, 0) is 25.6 Å². The van der Waals surface area contributed by atoms with Crippen LogP contribution in [0.15, 0.2) is 35.2 Å². The molecule has 0 aliphatic rings. The summed E-state index contributed by atoms with van der Waals surface area (Å²) in [4.78, 5) is 26.2. The highest BCUT2D eigenvalue weighted by Gasteiger charge is 2.09. The van der Waals surface area contributed by atoms with Crippen molar-refractivity contribution in [3.63, 3.8) is 0 Å². The van der Waals surface area contributed by atoms with Crippen molar-refractivity contribution in [2.24, 2.45) is 0 Å². The number of amides is 2. The van der Waals surface area contributed by atoms with E-state index in [0.29, 0.717) is 13.1 Å². The topological polar surface area (TPSA) is 61.4 Å². The fraction of sp³-hybridized carbons (Fsp3) is 0.500. The largest absolute Gasteiger partial charge is 0.355 e. The van der Waals surface area contributed by atoms with Crippen LogP contribution in [-0.4, -0.2) is 55.7 Å². The van der Waals surface area contributed by atoms with Crippen LogP contribution >= 0.6 is 11.8 Å². The van der Waals surface area contributed by atoms with Crippen LogP contribution in [0.4, 0.5) is 0 Å². The SMILES string of the molecule is CCCNC(=O)CN(C)CC(=O)NCCSc1ccccc1. The lowest BCUT2D eigenvalue weighted by Crippen LogP contribution is -2.41. The van der Waals surface area contributed by atoms with Gasteiger partial charge in [0.25, 0.3) is 0 Å². The Hall–Kier alpha value is -1.53. The molecule has 0 saturated carbocycles. The van der Waals surface area contributed by atoms with Gasteiger partial charge in [0.15, 0.2) is 0 Å². The summed E-state index contributed by atoms with van der Waals surface area (Å²) in [6.07, 6.45) is 0.912. The lowest BCUT2D eigenvalue weighted by atomic mass is 10.4. The van der Waals surface area contributed by atoms with Crippen molar-refractivity contribution >= 4 is 23.6 Å². The Balaban J connectivity index is 2.11. The third-order valence-electron chi connectivity index (χ3n) is 2.84. The predicted octanol–water partition coefficient (Wildman–Crippen LogP) is 1.35. The molecule has 1 aromatic rings. The fourth-order valence-corrected chi connectivity index (χ4v) is 2.59. The Morgan fingerprint density at radius 1 is 1.05 bits per heavy atom. The third kappa shape index (κ3) is 8.69. The average molecular weight is 323 g/mol. The van der Waals surface area contributed by atoms with Crippen LogP contribution in [-0.2, 0) is 9.59 Å². The van der Waals surface area contributed by atoms with Crippen molar-refractivity contribution in [2.75, 3.05) is 39.0 Å². The molecule has 0 saturated heterocycles. The molecular weight excluding hydrogens is 298 g/mol. The molecule has 0 aliphatic carbocycles. The summed E-state index contributed by atoms with van der Waals surface area (Å²) in [6.45, 7) is 3.77. The first-order valence-electron chi connectivity index (χ1n) is 7.51. The van der Waals surface area contributed by atoms with Crippen molar-refractivity contribution in [3.05, 3.63) is 30.3 Å².